The summed E-state index contributed by atoms with van der Waals surface area (Å²) in [5.41, 5.74) is 1.12. The van der Waals surface area contributed by atoms with E-state index in [2.05, 4.69) is 22.8 Å². The molecular formula is C40H64N2O8. The fraction of sp³-hybridized carbons (Fsp3) is 0.725. The Labute approximate surface area is 300 Å². The normalized spacial score (nSPS) is 22.9. The molecule has 0 bridgehead atoms. The molecular weight excluding hydrogens is 636 g/mol. The maximum absolute atomic E-state index is 12.8. The molecule has 0 aromatic rings. The molecule has 1 aliphatic heterocycles. The minimum absolute atomic E-state index is 0.0283. The molecule has 1 saturated carbocycles. The van der Waals surface area contributed by atoms with Gasteiger partial charge in [0, 0.05) is 37.3 Å². The molecule has 3 unspecified atom stereocenters. The van der Waals surface area contributed by atoms with E-state index in [0.29, 0.717) is 91.2 Å². The molecule has 0 spiro atoms. The van der Waals surface area contributed by atoms with Gasteiger partial charge in [0.15, 0.2) is 5.78 Å². The Morgan fingerprint density at radius 1 is 0.700 bits per heavy atom. The first kappa shape index (κ1) is 41.9. The molecule has 3 aliphatic rings. The number of unbranched alkanes of at least 4 members (excludes halogenated alkanes) is 1. The third-order valence-electron chi connectivity index (χ3n) is 9.56. The van der Waals surface area contributed by atoms with Gasteiger partial charge in [0.1, 0.15) is 5.78 Å². The summed E-state index contributed by atoms with van der Waals surface area (Å²) in [6.07, 6.45) is 27.0. The summed E-state index contributed by atoms with van der Waals surface area (Å²) in [7, 11) is 0. The largest absolute Gasteiger partial charge is 0.379 e. The summed E-state index contributed by atoms with van der Waals surface area (Å²) in [6, 6.07) is -0.114. The van der Waals surface area contributed by atoms with Gasteiger partial charge in [-0.2, -0.15) is 0 Å². The van der Waals surface area contributed by atoms with Crippen LogP contribution in [0.2, 0.25) is 0 Å². The molecule has 1 amide bonds. The first-order valence-electron chi connectivity index (χ1n) is 19.3. The third kappa shape index (κ3) is 18.1. The molecule has 10 nitrogen and oxygen atoms in total. The van der Waals surface area contributed by atoms with Crippen LogP contribution < -0.4 is 10.6 Å². The van der Waals surface area contributed by atoms with Gasteiger partial charge < -0.3 is 29.0 Å². The zero-order valence-electron chi connectivity index (χ0n) is 30.6. The molecule has 2 fully saturated rings. The fourth-order valence-corrected chi connectivity index (χ4v) is 6.59. The van der Waals surface area contributed by atoms with E-state index in [4.69, 9.17) is 23.7 Å². The highest BCUT2D eigenvalue weighted by atomic mass is 16.6. The van der Waals surface area contributed by atoms with Gasteiger partial charge in [-0.3, -0.25) is 19.7 Å². The molecule has 1 heterocycles. The lowest BCUT2D eigenvalue weighted by molar-refractivity contribution is -0.125. The van der Waals surface area contributed by atoms with Crippen molar-refractivity contribution in [3.63, 3.8) is 0 Å². The van der Waals surface area contributed by atoms with Crippen LogP contribution in [-0.2, 0) is 38.1 Å². The van der Waals surface area contributed by atoms with Crippen LogP contribution in [0.3, 0.4) is 0 Å². The van der Waals surface area contributed by atoms with Crippen LogP contribution in [0, 0.1) is 11.8 Å². The average molecular weight is 701 g/mol. The molecule has 3 atom stereocenters. The predicted octanol–water partition coefficient (Wildman–Crippen LogP) is 5.61. The quantitative estimate of drug-likeness (QED) is 0.117. The minimum atomic E-state index is -0.142. The first-order chi connectivity index (χ1) is 24.6. The van der Waals surface area contributed by atoms with Crippen molar-refractivity contribution in [3.05, 3.63) is 48.1 Å². The number of rotatable bonds is 25. The summed E-state index contributed by atoms with van der Waals surface area (Å²) in [4.78, 5) is 37.5. The second-order valence-electron chi connectivity index (χ2n) is 13.5. The number of allylic oxidation sites excluding steroid dienone is 6. The van der Waals surface area contributed by atoms with Gasteiger partial charge in [-0.15, -0.1) is 0 Å². The number of amides is 1. The lowest BCUT2D eigenvalue weighted by Gasteiger charge is -2.17. The monoisotopic (exact) mass is 700 g/mol. The molecule has 2 aliphatic carbocycles. The standard InChI is InChI=1S/C40H64N2O8/c1-33-39(35-17-11-7-4-8-12-18-35)42-36(40(33)45)19-13-14-22-41-38(44)21-24-47-26-28-49-30-32-50-31-29-48-27-25-46-23-20-37(43)34-15-9-5-2-3-6-10-16-34/h4,7-8,11-12,17-18,33-34,36,39,42H,2-3,5-6,9-10,13-16,19-32H2,1H3,(H,41,44)/b7-4-,8-4?,11-7?,12-8-,17-11?,18-12?,35-17?,35-18?. The van der Waals surface area contributed by atoms with Crippen molar-refractivity contribution in [2.24, 2.45) is 11.8 Å². The number of ether oxygens (including phenoxy) is 5. The Bertz CT molecular complexity index is 1080. The maximum atomic E-state index is 12.8. The van der Waals surface area contributed by atoms with E-state index in [1.165, 1.54) is 38.5 Å². The summed E-state index contributed by atoms with van der Waals surface area (Å²) < 4.78 is 27.7. The Hall–Kier alpha value is -2.47. The maximum Gasteiger partial charge on any atom is 0.222 e. The molecule has 1 saturated heterocycles. The van der Waals surface area contributed by atoms with Gasteiger partial charge in [-0.1, -0.05) is 88.0 Å². The van der Waals surface area contributed by atoms with Gasteiger partial charge in [-0.25, -0.2) is 0 Å². The second kappa shape index (κ2) is 27.2. The molecule has 10 heteroatoms. The van der Waals surface area contributed by atoms with Crippen molar-refractivity contribution in [2.45, 2.75) is 102 Å². The fourth-order valence-electron chi connectivity index (χ4n) is 6.59. The van der Waals surface area contributed by atoms with Crippen molar-refractivity contribution >= 4 is 17.5 Å². The molecule has 0 radical (unpaired) electrons. The number of nitrogens with one attached hydrogen (secondary N) is 2. The highest BCUT2D eigenvalue weighted by molar-refractivity contribution is 5.89. The summed E-state index contributed by atoms with van der Waals surface area (Å²) in [5.74, 6) is 0.767. The van der Waals surface area contributed by atoms with Crippen LogP contribution in [0.1, 0.15) is 90.4 Å². The van der Waals surface area contributed by atoms with Crippen molar-refractivity contribution in [2.75, 3.05) is 72.6 Å². The number of Topliss-reactive ketones (excluding diaryl/α,β-unsaturated/α-hetero) is 2. The Balaban J connectivity index is 1.03. The summed E-state index contributed by atoms with van der Waals surface area (Å²) in [5, 5.41) is 6.47. The number of hydrogen-bond acceptors (Lipinski definition) is 9. The molecule has 50 heavy (non-hydrogen) atoms. The van der Waals surface area contributed by atoms with E-state index < -0.39 is 0 Å². The topological polar surface area (TPSA) is 121 Å². The summed E-state index contributed by atoms with van der Waals surface area (Å²) in [6.45, 7) is 7.15. The third-order valence-corrected chi connectivity index (χ3v) is 9.56. The highest BCUT2D eigenvalue weighted by Gasteiger charge is 2.39. The smallest absolute Gasteiger partial charge is 0.222 e. The van der Waals surface area contributed by atoms with E-state index in [0.717, 1.165) is 37.7 Å². The van der Waals surface area contributed by atoms with Gasteiger partial charge in [0.2, 0.25) is 5.91 Å². The van der Waals surface area contributed by atoms with E-state index in [1.54, 1.807) is 0 Å². The zero-order chi connectivity index (χ0) is 35.5. The predicted molar refractivity (Wildman–Crippen MR) is 196 cm³/mol. The Kier molecular flexibility index (Phi) is 22.8. The van der Waals surface area contributed by atoms with E-state index in [9.17, 15) is 14.4 Å². The second-order valence-corrected chi connectivity index (χ2v) is 13.5. The van der Waals surface area contributed by atoms with Gasteiger partial charge in [-0.05, 0) is 37.7 Å². The number of carbonyl (C=O) groups is 3. The van der Waals surface area contributed by atoms with Crippen LogP contribution in [0.4, 0.5) is 0 Å². The van der Waals surface area contributed by atoms with Crippen LogP contribution >= 0.6 is 0 Å². The van der Waals surface area contributed by atoms with Crippen LogP contribution in [0.25, 0.3) is 0 Å². The lowest BCUT2D eigenvalue weighted by atomic mass is 9.91. The molecule has 3 rings (SSSR count). The van der Waals surface area contributed by atoms with Crippen LogP contribution in [-0.4, -0.2) is 102 Å². The van der Waals surface area contributed by atoms with E-state index >= 15 is 0 Å². The SMILES string of the molecule is CC1C(=O)C(CCCCNC(=O)CCOCCOCCOCCOCCOCCC(=O)C2CCCCCCCC2)NC1C1=C/C=C\C=C/C=C1. The molecule has 0 aromatic heterocycles. The van der Waals surface area contributed by atoms with E-state index in [-0.39, 0.29) is 35.6 Å². The van der Waals surface area contributed by atoms with Crippen molar-refractivity contribution in [3.8, 4) is 0 Å². The first-order valence-corrected chi connectivity index (χ1v) is 19.3. The molecule has 282 valence electrons. The molecule has 2 N–H and O–H groups in total. The van der Waals surface area contributed by atoms with E-state index in [1.807, 2.05) is 37.3 Å². The van der Waals surface area contributed by atoms with Crippen LogP contribution in [0.5, 0.6) is 0 Å². The van der Waals surface area contributed by atoms with Gasteiger partial charge in [0.25, 0.3) is 0 Å². The Morgan fingerprint density at radius 3 is 1.88 bits per heavy atom. The summed E-state index contributed by atoms with van der Waals surface area (Å²) >= 11 is 0. The lowest BCUT2D eigenvalue weighted by Crippen LogP contribution is -2.33. The van der Waals surface area contributed by atoms with Crippen molar-refractivity contribution in [1.29, 1.82) is 0 Å². The number of hydrogen-bond donors (Lipinski definition) is 2. The van der Waals surface area contributed by atoms with Crippen molar-refractivity contribution in [1.82, 2.24) is 10.6 Å². The average Bonchev–Trinajstić information content (AvgIpc) is 3.45. The number of carbonyl (C=O) groups excluding carboxylic acids is 3. The van der Waals surface area contributed by atoms with Gasteiger partial charge in [0.05, 0.1) is 72.1 Å². The highest BCUT2D eigenvalue weighted by Crippen LogP contribution is 2.26. The van der Waals surface area contributed by atoms with Gasteiger partial charge >= 0.3 is 0 Å². The van der Waals surface area contributed by atoms with Crippen molar-refractivity contribution < 1.29 is 38.1 Å². The van der Waals surface area contributed by atoms with Crippen LogP contribution in [0.15, 0.2) is 48.1 Å². The minimum Gasteiger partial charge on any atom is -0.379 e. The Morgan fingerprint density at radius 2 is 1.24 bits per heavy atom. The molecule has 0 aromatic carbocycles. The number of ketones is 2. The zero-order valence-corrected chi connectivity index (χ0v) is 30.6.